The quantitative estimate of drug-likeness (QED) is 0.692. The van der Waals surface area contributed by atoms with Crippen molar-refractivity contribution in [3.8, 4) is 11.3 Å². The van der Waals surface area contributed by atoms with Crippen LogP contribution in [0.15, 0.2) is 60.8 Å². The fraction of sp³-hybridized carbons (Fsp3) is 0.250. The highest BCUT2D eigenvalue weighted by molar-refractivity contribution is 5.62. The van der Waals surface area contributed by atoms with E-state index in [0.717, 1.165) is 23.4 Å². The van der Waals surface area contributed by atoms with Crippen molar-refractivity contribution in [2.45, 2.75) is 12.6 Å². The van der Waals surface area contributed by atoms with Crippen LogP contribution in [0.25, 0.3) is 11.3 Å². The van der Waals surface area contributed by atoms with Crippen molar-refractivity contribution in [2.75, 3.05) is 20.6 Å². The molecule has 0 amide bonds. The van der Waals surface area contributed by atoms with Crippen molar-refractivity contribution in [2.24, 2.45) is 0 Å². The van der Waals surface area contributed by atoms with Crippen molar-refractivity contribution in [1.82, 2.24) is 20.4 Å². The van der Waals surface area contributed by atoms with E-state index in [1.165, 1.54) is 17.7 Å². The topological polar surface area (TPSA) is 44.0 Å². The van der Waals surface area contributed by atoms with Crippen LogP contribution in [0, 0.1) is 5.82 Å². The lowest BCUT2D eigenvalue weighted by Gasteiger charge is -2.23. The smallest absolute Gasteiger partial charge is 0.123 e. The van der Waals surface area contributed by atoms with E-state index in [-0.39, 0.29) is 11.9 Å². The third kappa shape index (κ3) is 4.53. The second kappa shape index (κ2) is 8.05. The van der Waals surface area contributed by atoms with E-state index >= 15 is 0 Å². The first kappa shape index (κ1) is 17.3. The van der Waals surface area contributed by atoms with Gasteiger partial charge in [-0.3, -0.25) is 5.10 Å². The Hall–Kier alpha value is -2.50. The molecule has 0 radical (unpaired) electrons. The standard InChI is InChI=1S/C20H23FN4/c1-25(2)14-19(15-6-4-3-5-7-15)22-12-17-13-23-24-20(17)16-8-10-18(21)11-9-16/h3-11,13,19,22H,12,14H2,1-2H3,(H,23,24)/t19-/m0/s1. The number of rotatable bonds is 7. The maximum Gasteiger partial charge on any atom is 0.123 e. The number of nitrogens with zero attached hydrogens (tertiary/aromatic N) is 2. The molecular weight excluding hydrogens is 315 g/mol. The van der Waals surface area contributed by atoms with Crippen LogP contribution in [0.4, 0.5) is 4.39 Å². The summed E-state index contributed by atoms with van der Waals surface area (Å²) < 4.78 is 13.1. The molecular formula is C20H23FN4. The minimum atomic E-state index is -0.238. The number of likely N-dealkylation sites (N-methyl/N-ethyl adjacent to an activating group) is 1. The molecule has 1 aromatic heterocycles. The molecule has 0 aliphatic rings. The predicted molar refractivity (Wildman–Crippen MR) is 98.6 cm³/mol. The van der Waals surface area contributed by atoms with Gasteiger partial charge in [0.25, 0.3) is 0 Å². The Morgan fingerprint density at radius 3 is 2.48 bits per heavy atom. The molecule has 25 heavy (non-hydrogen) atoms. The fourth-order valence-corrected chi connectivity index (χ4v) is 2.88. The van der Waals surface area contributed by atoms with Crippen molar-refractivity contribution >= 4 is 0 Å². The monoisotopic (exact) mass is 338 g/mol. The van der Waals surface area contributed by atoms with Gasteiger partial charge in [-0.1, -0.05) is 30.3 Å². The predicted octanol–water partition coefficient (Wildman–Crippen LogP) is 3.61. The Labute approximate surface area is 147 Å². The molecule has 1 heterocycles. The Kier molecular flexibility index (Phi) is 5.58. The zero-order chi connectivity index (χ0) is 17.6. The van der Waals surface area contributed by atoms with E-state index < -0.39 is 0 Å². The summed E-state index contributed by atoms with van der Waals surface area (Å²) in [5, 5.41) is 10.8. The average Bonchev–Trinajstić information content (AvgIpc) is 3.08. The number of aromatic amines is 1. The lowest BCUT2D eigenvalue weighted by Crippen LogP contribution is -2.30. The molecule has 130 valence electrons. The van der Waals surface area contributed by atoms with Gasteiger partial charge in [0, 0.05) is 30.3 Å². The second-order valence-corrected chi connectivity index (χ2v) is 6.38. The van der Waals surface area contributed by atoms with Gasteiger partial charge in [-0.25, -0.2) is 4.39 Å². The Morgan fingerprint density at radius 1 is 1.08 bits per heavy atom. The van der Waals surface area contributed by atoms with Gasteiger partial charge in [0.15, 0.2) is 0 Å². The normalized spacial score (nSPS) is 12.5. The van der Waals surface area contributed by atoms with E-state index in [1.807, 2.05) is 12.3 Å². The minimum Gasteiger partial charge on any atom is -0.308 e. The Balaban J connectivity index is 1.75. The number of nitrogens with one attached hydrogen (secondary N) is 2. The molecule has 0 bridgehead atoms. The summed E-state index contributed by atoms with van der Waals surface area (Å²) in [7, 11) is 4.14. The van der Waals surface area contributed by atoms with Crippen LogP contribution in [0.1, 0.15) is 17.2 Å². The number of aromatic nitrogens is 2. The van der Waals surface area contributed by atoms with Gasteiger partial charge in [-0.05, 0) is 43.9 Å². The molecule has 0 saturated heterocycles. The highest BCUT2D eigenvalue weighted by Crippen LogP contribution is 2.22. The van der Waals surface area contributed by atoms with Crippen LogP contribution in [-0.4, -0.2) is 35.7 Å². The van der Waals surface area contributed by atoms with E-state index in [2.05, 4.69) is 58.8 Å². The van der Waals surface area contributed by atoms with Gasteiger partial charge in [0.2, 0.25) is 0 Å². The Bertz CT molecular complexity index is 781. The molecule has 0 unspecified atom stereocenters. The summed E-state index contributed by atoms with van der Waals surface area (Å²) in [6.45, 7) is 1.57. The van der Waals surface area contributed by atoms with Crippen LogP contribution in [0.5, 0.6) is 0 Å². The van der Waals surface area contributed by atoms with Crippen LogP contribution in [0.2, 0.25) is 0 Å². The SMILES string of the molecule is CN(C)C[C@H](NCc1cn[nH]c1-c1ccc(F)cc1)c1ccccc1. The third-order valence-corrected chi connectivity index (χ3v) is 4.14. The maximum absolute atomic E-state index is 13.1. The highest BCUT2D eigenvalue weighted by atomic mass is 19.1. The first-order valence-electron chi connectivity index (χ1n) is 8.34. The maximum atomic E-state index is 13.1. The van der Waals surface area contributed by atoms with Crippen LogP contribution >= 0.6 is 0 Å². The van der Waals surface area contributed by atoms with E-state index in [9.17, 15) is 4.39 Å². The molecule has 1 atom stereocenters. The Morgan fingerprint density at radius 2 is 1.80 bits per heavy atom. The molecule has 0 aliphatic carbocycles. The van der Waals surface area contributed by atoms with Gasteiger partial charge >= 0.3 is 0 Å². The summed E-state index contributed by atoms with van der Waals surface area (Å²) in [6, 6.07) is 17.1. The van der Waals surface area contributed by atoms with Gasteiger partial charge in [-0.2, -0.15) is 5.10 Å². The third-order valence-electron chi connectivity index (χ3n) is 4.14. The number of hydrogen-bond acceptors (Lipinski definition) is 3. The largest absolute Gasteiger partial charge is 0.308 e. The van der Waals surface area contributed by atoms with Gasteiger partial charge in [0.05, 0.1) is 11.9 Å². The molecule has 4 nitrogen and oxygen atoms in total. The van der Waals surface area contributed by atoms with Crippen molar-refractivity contribution < 1.29 is 4.39 Å². The lowest BCUT2D eigenvalue weighted by atomic mass is 10.0. The van der Waals surface area contributed by atoms with E-state index in [4.69, 9.17) is 0 Å². The molecule has 0 aliphatic heterocycles. The fourth-order valence-electron chi connectivity index (χ4n) is 2.88. The summed E-state index contributed by atoms with van der Waals surface area (Å²) in [5.74, 6) is -0.238. The molecule has 3 rings (SSSR count). The number of halogens is 1. The molecule has 3 aromatic rings. The van der Waals surface area contributed by atoms with Gasteiger partial charge in [0.1, 0.15) is 5.82 Å². The molecule has 0 spiro atoms. The van der Waals surface area contributed by atoms with Crippen LogP contribution in [-0.2, 0) is 6.54 Å². The van der Waals surface area contributed by atoms with E-state index in [1.54, 1.807) is 12.1 Å². The molecule has 2 aromatic carbocycles. The summed E-state index contributed by atoms with van der Waals surface area (Å²) in [5.41, 5.74) is 4.16. The number of H-pyrrole nitrogens is 1. The number of benzene rings is 2. The van der Waals surface area contributed by atoms with Crippen molar-refractivity contribution in [3.05, 3.63) is 77.7 Å². The second-order valence-electron chi connectivity index (χ2n) is 6.38. The van der Waals surface area contributed by atoms with Gasteiger partial charge in [-0.15, -0.1) is 0 Å². The van der Waals surface area contributed by atoms with Gasteiger partial charge < -0.3 is 10.2 Å². The van der Waals surface area contributed by atoms with Crippen molar-refractivity contribution in [1.29, 1.82) is 0 Å². The van der Waals surface area contributed by atoms with Crippen LogP contribution in [0.3, 0.4) is 0 Å². The molecule has 0 fully saturated rings. The summed E-state index contributed by atoms with van der Waals surface area (Å²) in [6.07, 6.45) is 1.82. The van der Waals surface area contributed by atoms with Crippen molar-refractivity contribution in [3.63, 3.8) is 0 Å². The van der Waals surface area contributed by atoms with E-state index in [0.29, 0.717) is 6.54 Å². The summed E-state index contributed by atoms with van der Waals surface area (Å²) in [4.78, 5) is 2.17. The van der Waals surface area contributed by atoms with Crippen LogP contribution < -0.4 is 5.32 Å². The zero-order valence-electron chi connectivity index (χ0n) is 14.5. The highest BCUT2D eigenvalue weighted by Gasteiger charge is 2.14. The zero-order valence-corrected chi connectivity index (χ0v) is 14.5. The first-order chi connectivity index (χ1) is 12.1. The molecule has 2 N–H and O–H groups in total. The average molecular weight is 338 g/mol. The molecule has 5 heteroatoms. The summed E-state index contributed by atoms with van der Waals surface area (Å²) >= 11 is 0. The number of hydrogen-bond donors (Lipinski definition) is 2. The molecule has 0 saturated carbocycles. The minimum absolute atomic E-state index is 0.215. The first-order valence-corrected chi connectivity index (χ1v) is 8.34. The lowest BCUT2D eigenvalue weighted by molar-refractivity contribution is 0.340.